The van der Waals surface area contributed by atoms with Crippen LogP contribution < -0.4 is 10.5 Å². The number of rotatable bonds is 6. The highest BCUT2D eigenvalue weighted by atomic mass is 16.5. The van der Waals surface area contributed by atoms with Crippen molar-refractivity contribution in [2.24, 2.45) is 0 Å². The Morgan fingerprint density at radius 2 is 1.79 bits per heavy atom. The number of aryl methyl sites for hydroxylation is 2. The normalized spacial score (nSPS) is 10.3. The molecule has 2 N–H and O–H groups in total. The van der Waals surface area contributed by atoms with Gasteiger partial charge in [0.2, 0.25) is 0 Å². The van der Waals surface area contributed by atoms with E-state index in [4.69, 9.17) is 15.7 Å². The fraction of sp³-hybridized carbons (Fsp3) is 0.158. The molecule has 2 aromatic carbocycles. The zero-order valence-electron chi connectivity index (χ0n) is 13.2. The first-order valence-corrected chi connectivity index (χ1v) is 7.73. The quantitative estimate of drug-likeness (QED) is 0.757. The Hall–Kier alpha value is -3.26. The summed E-state index contributed by atoms with van der Waals surface area (Å²) in [6, 6.07) is 20.1. The Morgan fingerprint density at radius 3 is 2.46 bits per heavy atom. The molecule has 0 unspecified atom stereocenters. The molecular formula is C19H18N4O. The van der Waals surface area contributed by atoms with Crippen LogP contribution in [-0.2, 0) is 19.6 Å². The Morgan fingerprint density at radius 1 is 1.04 bits per heavy atom. The monoisotopic (exact) mass is 318 g/mol. The van der Waals surface area contributed by atoms with Gasteiger partial charge in [0.25, 0.3) is 0 Å². The lowest BCUT2D eigenvalue weighted by Gasteiger charge is -2.08. The highest BCUT2D eigenvalue weighted by Crippen LogP contribution is 2.16. The van der Waals surface area contributed by atoms with Crippen LogP contribution in [0.1, 0.15) is 16.7 Å². The molecule has 0 aliphatic carbocycles. The van der Waals surface area contributed by atoms with E-state index in [1.54, 1.807) is 4.68 Å². The van der Waals surface area contributed by atoms with Crippen molar-refractivity contribution in [3.63, 3.8) is 0 Å². The molecule has 3 aromatic rings. The number of anilines is 1. The zero-order valence-corrected chi connectivity index (χ0v) is 13.2. The van der Waals surface area contributed by atoms with Gasteiger partial charge in [-0.1, -0.05) is 42.5 Å². The minimum absolute atomic E-state index is 0.416. The van der Waals surface area contributed by atoms with Crippen molar-refractivity contribution >= 4 is 5.82 Å². The van der Waals surface area contributed by atoms with Crippen molar-refractivity contribution in [2.75, 3.05) is 5.73 Å². The van der Waals surface area contributed by atoms with Crippen LogP contribution in [0, 0.1) is 11.3 Å². The van der Waals surface area contributed by atoms with Gasteiger partial charge < -0.3 is 10.5 Å². The molecule has 0 fully saturated rings. The number of aromatic nitrogens is 2. The molecule has 0 aliphatic rings. The van der Waals surface area contributed by atoms with E-state index in [1.165, 1.54) is 6.20 Å². The molecule has 120 valence electrons. The van der Waals surface area contributed by atoms with Crippen LogP contribution in [0.2, 0.25) is 0 Å². The van der Waals surface area contributed by atoms with E-state index in [1.807, 2.05) is 60.7 Å². The van der Waals surface area contributed by atoms with Crippen molar-refractivity contribution in [3.05, 3.63) is 77.5 Å². The van der Waals surface area contributed by atoms with Gasteiger partial charge in [0.05, 0.1) is 6.20 Å². The molecule has 0 spiro atoms. The van der Waals surface area contributed by atoms with Crippen molar-refractivity contribution in [2.45, 2.75) is 19.6 Å². The van der Waals surface area contributed by atoms with Crippen LogP contribution in [0.25, 0.3) is 0 Å². The van der Waals surface area contributed by atoms with Gasteiger partial charge in [0.15, 0.2) is 0 Å². The second-order valence-electron chi connectivity index (χ2n) is 5.45. The van der Waals surface area contributed by atoms with Gasteiger partial charge in [0.1, 0.15) is 29.8 Å². The Balaban J connectivity index is 1.54. The summed E-state index contributed by atoms with van der Waals surface area (Å²) in [7, 11) is 0. The molecule has 1 heterocycles. The average Bonchev–Trinajstić information content (AvgIpc) is 3.00. The van der Waals surface area contributed by atoms with Crippen LogP contribution in [0.5, 0.6) is 5.75 Å². The first kappa shape index (κ1) is 15.6. The molecule has 5 heteroatoms. The molecule has 5 nitrogen and oxygen atoms in total. The van der Waals surface area contributed by atoms with Gasteiger partial charge in [-0.05, 0) is 29.7 Å². The van der Waals surface area contributed by atoms with E-state index in [-0.39, 0.29) is 0 Å². The molecule has 0 saturated heterocycles. The van der Waals surface area contributed by atoms with Crippen molar-refractivity contribution in [1.82, 2.24) is 9.78 Å². The maximum Gasteiger partial charge on any atom is 0.139 e. The van der Waals surface area contributed by atoms with Gasteiger partial charge >= 0.3 is 0 Å². The van der Waals surface area contributed by atoms with Gasteiger partial charge in [-0.15, -0.1) is 0 Å². The van der Waals surface area contributed by atoms with E-state index in [2.05, 4.69) is 5.10 Å². The summed E-state index contributed by atoms with van der Waals surface area (Å²) in [6.07, 6.45) is 2.28. The standard InChI is InChI=1S/C19H18N4O/c20-12-17-13-22-23(19(17)21)11-10-15-6-8-18(9-7-15)24-14-16-4-2-1-3-5-16/h1-9,13H,10-11,14,21H2. The molecule has 0 bridgehead atoms. The highest BCUT2D eigenvalue weighted by Gasteiger charge is 2.06. The molecule has 0 radical (unpaired) electrons. The minimum atomic E-state index is 0.416. The Labute approximate surface area is 140 Å². The summed E-state index contributed by atoms with van der Waals surface area (Å²) in [6.45, 7) is 1.19. The highest BCUT2D eigenvalue weighted by molar-refractivity contribution is 5.47. The lowest BCUT2D eigenvalue weighted by Crippen LogP contribution is -2.07. The van der Waals surface area contributed by atoms with Crippen LogP contribution in [0.15, 0.2) is 60.8 Å². The van der Waals surface area contributed by atoms with Crippen LogP contribution in [0.4, 0.5) is 5.82 Å². The second kappa shape index (κ2) is 7.34. The SMILES string of the molecule is N#Cc1cnn(CCc2ccc(OCc3ccccc3)cc2)c1N. The lowest BCUT2D eigenvalue weighted by molar-refractivity contribution is 0.306. The van der Waals surface area contributed by atoms with Gasteiger partial charge in [-0.3, -0.25) is 0 Å². The maximum atomic E-state index is 8.88. The number of benzene rings is 2. The summed E-state index contributed by atoms with van der Waals surface area (Å²) in [4.78, 5) is 0. The van der Waals surface area contributed by atoms with E-state index in [9.17, 15) is 0 Å². The topological polar surface area (TPSA) is 76.9 Å². The predicted molar refractivity (Wildman–Crippen MR) is 92.3 cm³/mol. The van der Waals surface area contributed by atoms with Crippen molar-refractivity contribution in [1.29, 1.82) is 5.26 Å². The average molecular weight is 318 g/mol. The number of nitrogens with two attached hydrogens (primary N) is 1. The summed E-state index contributed by atoms with van der Waals surface area (Å²) in [5.74, 6) is 1.26. The molecule has 0 atom stereocenters. The molecule has 0 saturated carbocycles. The minimum Gasteiger partial charge on any atom is -0.489 e. The molecule has 0 amide bonds. The molecule has 1 aromatic heterocycles. The molecule has 0 aliphatic heterocycles. The molecular weight excluding hydrogens is 300 g/mol. The third kappa shape index (κ3) is 3.73. The second-order valence-corrected chi connectivity index (χ2v) is 5.45. The van der Waals surface area contributed by atoms with Crippen molar-refractivity contribution < 1.29 is 4.74 Å². The zero-order chi connectivity index (χ0) is 16.8. The number of ether oxygens (including phenoxy) is 1. The van der Waals surface area contributed by atoms with E-state index >= 15 is 0 Å². The summed E-state index contributed by atoms with van der Waals surface area (Å²) in [5.41, 5.74) is 8.58. The van der Waals surface area contributed by atoms with Crippen LogP contribution in [-0.4, -0.2) is 9.78 Å². The third-order valence-electron chi connectivity index (χ3n) is 3.78. The smallest absolute Gasteiger partial charge is 0.139 e. The largest absolute Gasteiger partial charge is 0.489 e. The van der Waals surface area contributed by atoms with Crippen molar-refractivity contribution in [3.8, 4) is 11.8 Å². The number of hydrogen-bond donors (Lipinski definition) is 1. The summed E-state index contributed by atoms with van der Waals surface area (Å²) in [5, 5.41) is 13.0. The van der Waals surface area contributed by atoms with Gasteiger partial charge in [-0.2, -0.15) is 10.4 Å². The lowest BCUT2D eigenvalue weighted by atomic mass is 10.1. The van der Waals surface area contributed by atoms with E-state index in [0.717, 1.165) is 23.3 Å². The Kier molecular flexibility index (Phi) is 4.78. The van der Waals surface area contributed by atoms with Crippen LogP contribution in [0.3, 0.4) is 0 Å². The number of hydrogen-bond acceptors (Lipinski definition) is 4. The first-order valence-electron chi connectivity index (χ1n) is 7.73. The van der Waals surface area contributed by atoms with E-state index < -0.39 is 0 Å². The fourth-order valence-electron chi connectivity index (χ4n) is 2.39. The van der Waals surface area contributed by atoms with Crippen LogP contribution >= 0.6 is 0 Å². The summed E-state index contributed by atoms with van der Waals surface area (Å²) >= 11 is 0. The molecule has 24 heavy (non-hydrogen) atoms. The predicted octanol–water partition coefficient (Wildman–Crippen LogP) is 3.16. The van der Waals surface area contributed by atoms with Gasteiger partial charge in [-0.25, -0.2) is 4.68 Å². The molecule has 3 rings (SSSR count). The first-order chi connectivity index (χ1) is 11.8. The fourth-order valence-corrected chi connectivity index (χ4v) is 2.39. The number of nitrogens with zero attached hydrogens (tertiary/aromatic N) is 3. The summed E-state index contributed by atoms with van der Waals surface area (Å²) < 4.78 is 7.42. The Bertz CT molecular complexity index is 832. The van der Waals surface area contributed by atoms with Gasteiger partial charge in [0, 0.05) is 6.54 Å². The number of nitrogen functional groups attached to an aromatic ring is 1. The van der Waals surface area contributed by atoms with E-state index in [0.29, 0.717) is 24.5 Å². The number of nitriles is 1. The third-order valence-corrected chi connectivity index (χ3v) is 3.78. The maximum absolute atomic E-state index is 8.88.